The number of likely N-dealkylation sites (N-methyl/N-ethyl adjacent to an activating group) is 1. The summed E-state index contributed by atoms with van der Waals surface area (Å²) in [5.74, 6) is 0.268. The quantitative estimate of drug-likeness (QED) is 0.412. The van der Waals surface area contributed by atoms with Crippen LogP contribution in [0.2, 0.25) is 0 Å². The highest BCUT2D eigenvalue weighted by Crippen LogP contribution is 2.17. The summed E-state index contributed by atoms with van der Waals surface area (Å²) in [6, 6.07) is 28.3. The van der Waals surface area contributed by atoms with Gasteiger partial charge >= 0.3 is 0 Å². The van der Waals surface area contributed by atoms with E-state index in [9.17, 15) is 8.42 Å². The van der Waals surface area contributed by atoms with E-state index in [-0.39, 0.29) is 17.3 Å². The van der Waals surface area contributed by atoms with Crippen molar-refractivity contribution in [2.45, 2.75) is 24.9 Å². The van der Waals surface area contributed by atoms with Gasteiger partial charge in [0.2, 0.25) is 10.0 Å². The van der Waals surface area contributed by atoms with E-state index in [2.05, 4.69) is 0 Å². The van der Waals surface area contributed by atoms with Crippen LogP contribution in [0.3, 0.4) is 0 Å². The molecule has 0 radical (unpaired) electrons. The number of rotatable bonds is 9. The summed E-state index contributed by atoms with van der Waals surface area (Å²) in [4.78, 5) is 2.17. The fraction of sp³-hybridized carbons (Fsp3) is 0.208. The van der Waals surface area contributed by atoms with E-state index in [4.69, 9.17) is 5.41 Å². The average molecular weight is 422 g/mol. The maximum Gasteiger partial charge on any atom is 0.243 e. The third-order valence-corrected chi connectivity index (χ3v) is 6.81. The van der Waals surface area contributed by atoms with Crippen molar-refractivity contribution in [3.8, 4) is 0 Å². The number of hydrogen-bond acceptors (Lipinski definition) is 3. The molecule has 1 N–H and O–H groups in total. The molecule has 0 aliphatic heterocycles. The first-order chi connectivity index (χ1) is 14.5. The number of sulfonamides is 1. The molecule has 0 aromatic heterocycles. The molecule has 3 aromatic rings. The fourth-order valence-electron chi connectivity index (χ4n) is 3.23. The van der Waals surface area contributed by atoms with Gasteiger partial charge in [0.25, 0.3) is 0 Å². The molecule has 0 saturated heterocycles. The lowest BCUT2D eigenvalue weighted by molar-refractivity contribution is 0.375. The Kier molecular flexibility index (Phi) is 7.38. The standard InChI is InChI=1S/C24H27N3O2S/c1-2-27(30(28,29)23-16-10-5-11-17-23)20-24(25)26(18-21-12-6-3-7-13-21)19-22-14-8-4-9-15-22/h3-17,25H,2,18-20H2,1H3. The number of benzene rings is 3. The molecule has 0 heterocycles. The van der Waals surface area contributed by atoms with Crippen LogP contribution in [0.25, 0.3) is 0 Å². The van der Waals surface area contributed by atoms with E-state index in [0.29, 0.717) is 19.6 Å². The zero-order chi connectivity index (χ0) is 21.4. The lowest BCUT2D eigenvalue weighted by Crippen LogP contribution is -2.42. The topological polar surface area (TPSA) is 64.5 Å². The largest absolute Gasteiger partial charge is 0.351 e. The average Bonchev–Trinajstić information content (AvgIpc) is 2.78. The smallest absolute Gasteiger partial charge is 0.243 e. The van der Waals surface area contributed by atoms with E-state index >= 15 is 0 Å². The van der Waals surface area contributed by atoms with Crippen molar-refractivity contribution in [3.63, 3.8) is 0 Å². The molecule has 3 aromatic carbocycles. The van der Waals surface area contributed by atoms with E-state index in [0.717, 1.165) is 11.1 Å². The van der Waals surface area contributed by atoms with Gasteiger partial charge in [0.15, 0.2) is 0 Å². The number of nitrogens with one attached hydrogen (secondary N) is 1. The first-order valence-electron chi connectivity index (χ1n) is 9.96. The second kappa shape index (κ2) is 10.2. The highest BCUT2D eigenvalue weighted by molar-refractivity contribution is 7.89. The molecular weight excluding hydrogens is 394 g/mol. The Hall–Kier alpha value is -2.96. The molecule has 0 spiro atoms. The van der Waals surface area contributed by atoms with Gasteiger partial charge in [0.05, 0.1) is 11.4 Å². The summed E-state index contributed by atoms with van der Waals surface area (Å²) in [6.07, 6.45) is 0. The van der Waals surface area contributed by atoms with Crippen LogP contribution in [0.4, 0.5) is 0 Å². The van der Waals surface area contributed by atoms with Gasteiger partial charge in [0, 0.05) is 19.6 Å². The zero-order valence-electron chi connectivity index (χ0n) is 17.1. The van der Waals surface area contributed by atoms with Gasteiger partial charge in [-0.25, -0.2) is 8.42 Å². The van der Waals surface area contributed by atoms with Crippen LogP contribution in [-0.2, 0) is 23.1 Å². The van der Waals surface area contributed by atoms with Crippen LogP contribution in [0.1, 0.15) is 18.1 Å². The van der Waals surface area contributed by atoms with Crippen LogP contribution in [0, 0.1) is 5.41 Å². The van der Waals surface area contributed by atoms with Crippen molar-refractivity contribution in [3.05, 3.63) is 102 Å². The fourth-order valence-corrected chi connectivity index (χ4v) is 4.66. The van der Waals surface area contributed by atoms with Crippen molar-refractivity contribution in [1.82, 2.24) is 9.21 Å². The molecule has 156 valence electrons. The van der Waals surface area contributed by atoms with Crippen molar-refractivity contribution in [1.29, 1.82) is 5.41 Å². The first kappa shape index (κ1) is 21.7. The Labute approximate surface area is 179 Å². The van der Waals surface area contributed by atoms with Crippen molar-refractivity contribution < 1.29 is 8.42 Å². The Morgan fingerprint density at radius 2 is 1.20 bits per heavy atom. The molecule has 5 nitrogen and oxygen atoms in total. The van der Waals surface area contributed by atoms with Crippen LogP contribution in [0.5, 0.6) is 0 Å². The highest BCUT2D eigenvalue weighted by Gasteiger charge is 2.25. The molecule has 6 heteroatoms. The van der Waals surface area contributed by atoms with Gasteiger partial charge in [-0.15, -0.1) is 0 Å². The maximum atomic E-state index is 13.0. The monoisotopic (exact) mass is 421 g/mol. The van der Waals surface area contributed by atoms with Gasteiger partial charge < -0.3 is 4.90 Å². The van der Waals surface area contributed by atoms with E-state index in [1.807, 2.05) is 65.6 Å². The Bertz CT molecular complexity index is 998. The summed E-state index contributed by atoms with van der Waals surface area (Å²) in [7, 11) is -3.66. The summed E-state index contributed by atoms with van der Waals surface area (Å²) in [5, 5.41) is 8.74. The molecule has 0 bridgehead atoms. The molecule has 0 aliphatic carbocycles. The van der Waals surface area contributed by atoms with Crippen LogP contribution < -0.4 is 0 Å². The zero-order valence-corrected chi connectivity index (χ0v) is 17.9. The molecule has 3 rings (SSSR count). The molecule has 0 unspecified atom stereocenters. The minimum absolute atomic E-state index is 0.0212. The lowest BCUT2D eigenvalue weighted by atomic mass is 10.1. The first-order valence-corrected chi connectivity index (χ1v) is 11.4. The van der Waals surface area contributed by atoms with Crippen molar-refractivity contribution in [2.75, 3.05) is 13.1 Å². The Morgan fingerprint density at radius 3 is 1.63 bits per heavy atom. The Morgan fingerprint density at radius 1 is 0.767 bits per heavy atom. The van der Waals surface area contributed by atoms with E-state index in [1.165, 1.54) is 4.31 Å². The Balaban J connectivity index is 1.82. The molecule has 0 aliphatic rings. The lowest BCUT2D eigenvalue weighted by Gasteiger charge is -2.29. The number of amidine groups is 1. The minimum atomic E-state index is -3.66. The molecule has 0 fully saturated rings. The molecule has 0 atom stereocenters. The van der Waals surface area contributed by atoms with E-state index in [1.54, 1.807) is 37.3 Å². The van der Waals surface area contributed by atoms with Crippen molar-refractivity contribution in [2.24, 2.45) is 0 Å². The SMILES string of the molecule is CCN(CC(=N)N(Cc1ccccc1)Cc1ccccc1)S(=O)(=O)c1ccccc1. The predicted octanol–water partition coefficient (Wildman–Crippen LogP) is 4.38. The minimum Gasteiger partial charge on any atom is -0.351 e. The highest BCUT2D eigenvalue weighted by atomic mass is 32.2. The third kappa shape index (κ3) is 5.55. The summed E-state index contributed by atoms with van der Waals surface area (Å²) >= 11 is 0. The normalized spacial score (nSPS) is 11.4. The summed E-state index contributed by atoms with van der Waals surface area (Å²) < 4.78 is 27.5. The maximum absolute atomic E-state index is 13.0. The second-order valence-electron chi connectivity index (χ2n) is 7.02. The van der Waals surface area contributed by atoms with Crippen LogP contribution in [-0.4, -0.2) is 36.5 Å². The third-order valence-electron chi connectivity index (χ3n) is 4.87. The van der Waals surface area contributed by atoms with Gasteiger partial charge in [-0.3, -0.25) is 5.41 Å². The molecule has 0 saturated carbocycles. The van der Waals surface area contributed by atoms with Gasteiger partial charge in [-0.1, -0.05) is 85.8 Å². The van der Waals surface area contributed by atoms with Crippen LogP contribution >= 0.6 is 0 Å². The predicted molar refractivity (Wildman–Crippen MR) is 121 cm³/mol. The van der Waals surface area contributed by atoms with Gasteiger partial charge in [-0.2, -0.15) is 4.31 Å². The van der Waals surface area contributed by atoms with Gasteiger partial charge in [0.1, 0.15) is 5.84 Å². The molecular formula is C24H27N3O2S. The summed E-state index contributed by atoms with van der Waals surface area (Å²) in [5.41, 5.74) is 2.15. The van der Waals surface area contributed by atoms with Crippen molar-refractivity contribution >= 4 is 15.9 Å². The van der Waals surface area contributed by atoms with E-state index < -0.39 is 10.0 Å². The number of nitrogens with zero attached hydrogens (tertiary/aromatic N) is 2. The molecule has 30 heavy (non-hydrogen) atoms. The second-order valence-corrected chi connectivity index (χ2v) is 8.96. The number of hydrogen-bond donors (Lipinski definition) is 1. The van der Waals surface area contributed by atoms with Crippen LogP contribution in [0.15, 0.2) is 95.9 Å². The molecule has 0 amide bonds. The summed E-state index contributed by atoms with van der Waals surface area (Å²) in [6.45, 7) is 3.19. The van der Waals surface area contributed by atoms with Gasteiger partial charge in [-0.05, 0) is 23.3 Å².